The van der Waals surface area contributed by atoms with Crippen LogP contribution in [0.1, 0.15) is 58.8 Å². The van der Waals surface area contributed by atoms with Crippen molar-refractivity contribution in [3.63, 3.8) is 0 Å². The molecule has 0 bridgehead atoms. The molecule has 2 heteroatoms. The Kier molecular flexibility index (Phi) is 6.77. The first-order valence-corrected chi connectivity index (χ1v) is 7.19. The van der Waals surface area contributed by atoms with Gasteiger partial charge in [0.05, 0.1) is 6.26 Å². The summed E-state index contributed by atoms with van der Waals surface area (Å²) in [5.74, 6) is 1.05. The SMILES string of the molecule is C=COC(=O)/C(C)=C/C1CCCCC1CCCC. The second-order valence-electron chi connectivity index (χ2n) is 5.27. The zero-order valence-electron chi connectivity index (χ0n) is 11.8. The third kappa shape index (κ3) is 4.67. The van der Waals surface area contributed by atoms with E-state index in [0.717, 1.165) is 11.5 Å². The molecule has 0 amide bonds. The number of esters is 1. The molecular weight excluding hydrogens is 224 g/mol. The van der Waals surface area contributed by atoms with Crippen LogP contribution in [0.2, 0.25) is 0 Å². The molecule has 1 aliphatic rings. The van der Waals surface area contributed by atoms with Gasteiger partial charge in [-0.25, -0.2) is 4.79 Å². The molecule has 2 unspecified atom stereocenters. The fraction of sp³-hybridized carbons (Fsp3) is 0.688. The van der Waals surface area contributed by atoms with Crippen molar-refractivity contribution >= 4 is 5.97 Å². The molecule has 1 fully saturated rings. The number of unbranched alkanes of at least 4 members (excludes halogenated alkanes) is 1. The Morgan fingerprint density at radius 3 is 2.78 bits per heavy atom. The summed E-state index contributed by atoms with van der Waals surface area (Å²) < 4.78 is 4.82. The highest BCUT2D eigenvalue weighted by Gasteiger charge is 2.23. The number of carbonyl (C=O) groups is 1. The minimum Gasteiger partial charge on any atom is -0.432 e. The van der Waals surface area contributed by atoms with Crippen molar-refractivity contribution < 1.29 is 9.53 Å². The molecule has 0 N–H and O–H groups in total. The van der Waals surface area contributed by atoms with E-state index in [2.05, 4.69) is 19.6 Å². The molecule has 102 valence electrons. The fourth-order valence-corrected chi connectivity index (χ4v) is 2.84. The highest BCUT2D eigenvalue weighted by molar-refractivity contribution is 5.88. The van der Waals surface area contributed by atoms with Gasteiger partial charge in [-0.2, -0.15) is 0 Å². The lowest BCUT2D eigenvalue weighted by Crippen LogP contribution is -2.19. The largest absolute Gasteiger partial charge is 0.432 e. The van der Waals surface area contributed by atoms with Gasteiger partial charge >= 0.3 is 5.97 Å². The monoisotopic (exact) mass is 250 g/mol. The Hall–Kier alpha value is -1.05. The van der Waals surface area contributed by atoms with Gasteiger partial charge in [0.25, 0.3) is 0 Å². The summed E-state index contributed by atoms with van der Waals surface area (Å²) in [6.07, 6.45) is 12.3. The van der Waals surface area contributed by atoms with Gasteiger partial charge in [-0.3, -0.25) is 0 Å². The maximum Gasteiger partial charge on any atom is 0.338 e. The maximum atomic E-state index is 11.6. The van der Waals surface area contributed by atoms with E-state index >= 15 is 0 Å². The first-order chi connectivity index (χ1) is 8.69. The number of hydrogen-bond acceptors (Lipinski definition) is 2. The average Bonchev–Trinajstić information content (AvgIpc) is 2.38. The Labute approximate surface area is 111 Å². The highest BCUT2D eigenvalue weighted by Crippen LogP contribution is 2.35. The molecule has 1 rings (SSSR count). The van der Waals surface area contributed by atoms with E-state index in [4.69, 9.17) is 4.74 Å². The number of allylic oxidation sites excluding steroid dienone is 1. The molecule has 0 aromatic carbocycles. The number of rotatable bonds is 6. The van der Waals surface area contributed by atoms with Crippen LogP contribution < -0.4 is 0 Å². The summed E-state index contributed by atoms with van der Waals surface area (Å²) in [6, 6.07) is 0. The summed E-state index contributed by atoms with van der Waals surface area (Å²) in [5, 5.41) is 0. The first kappa shape index (κ1) is 15.0. The molecule has 2 nitrogen and oxygen atoms in total. The fourth-order valence-electron chi connectivity index (χ4n) is 2.84. The summed E-state index contributed by atoms with van der Waals surface area (Å²) in [7, 11) is 0. The molecule has 0 aliphatic heterocycles. The molecular formula is C16H26O2. The average molecular weight is 250 g/mol. The molecule has 0 heterocycles. The number of carbonyl (C=O) groups excluding carboxylic acids is 1. The predicted octanol–water partition coefficient (Wildman–Crippen LogP) is 4.62. The minimum atomic E-state index is -0.259. The van der Waals surface area contributed by atoms with Crippen LogP contribution in [0.15, 0.2) is 24.5 Å². The van der Waals surface area contributed by atoms with Gasteiger partial charge in [-0.15, -0.1) is 0 Å². The first-order valence-electron chi connectivity index (χ1n) is 7.19. The van der Waals surface area contributed by atoms with Gasteiger partial charge < -0.3 is 4.74 Å². The van der Waals surface area contributed by atoms with E-state index in [9.17, 15) is 4.79 Å². The van der Waals surface area contributed by atoms with Gasteiger partial charge in [0.15, 0.2) is 0 Å². The lowest BCUT2D eigenvalue weighted by atomic mass is 9.76. The molecule has 0 aromatic heterocycles. The summed E-state index contributed by atoms with van der Waals surface area (Å²) in [6.45, 7) is 7.50. The van der Waals surface area contributed by atoms with E-state index in [1.807, 2.05) is 6.92 Å². The Morgan fingerprint density at radius 2 is 2.11 bits per heavy atom. The molecule has 0 saturated heterocycles. The van der Waals surface area contributed by atoms with Crippen LogP contribution in [0.3, 0.4) is 0 Å². The van der Waals surface area contributed by atoms with E-state index in [0.29, 0.717) is 5.92 Å². The molecule has 18 heavy (non-hydrogen) atoms. The zero-order valence-corrected chi connectivity index (χ0v) is 11.8. The third-order valence-corrected chi connectivity index (χ3v) is 3.87. The zero-order chi connectivity index (χ0) is 13.4. The normalized spacial score (nSPS) is 24.7. The number of ether oxygens (including phenoxy) is 1. The van der Waals surface area contributed by atoms with Crippen LogP contribution in [-0.2, 0) is 9.53 Å². The van der Waals surface area contributed by atoms with Gasteiger partial charge in [0, 0.05) is 5.57 Å². The molecule has 1 aliphatic carbocycles. The van der Waals surface area contributed by atoms with Crippen LogP contribution in [0, 0.1) is 11.8 Å². The lowest BCUT2D eigenvalue weighted by Gasteiger charge is -2.29. The van der Waals surface area contributed by atoms with Crippen molar-refractivity contribution in [3.05, 3.63) is 24.5 Å². The van der Waals surface area contributed by atoms with E-state index in [-0.39, 0.29) is 5.97 Å². The molecule has 1 saturated carbocycles. The second-order valence-corrected chi connectivity index (χ2v) is 5.27. The van der Waals surface area contributed by atoms with Crippen LogP contribution in [0.25, 0.3) is 0 Å². The van der Waals surface area contributed by atoms with Crippen molar-refractivity contribution in [3.8, 4) is 0 Å². The van der Waals surface area contributed by atoms with E-state index in [1.165, 1.54) is 51.2 Å². The quantitative estimate of drug-likeness (QED) is 0.391. The lowest BCUT2D eigenvalue weighted by molar-refractivity contribution is -0.133. The molecule has 2 atom stereocenters. The van der Waals surface area contributed by atoms with Crippen LogP contribution in [-0.4, -0.2) is 5.97 Å². The third-order valence-electron chi connectivity index (χ3n) is 3.87. The van der Waals surface area contributed by atoms with Gasteiger partial charge in [0.2, 0.25) is 0 Å². The summed E-state index contributed by atoms with van der Waals surface area (Å²) >= 11 is 0. The molecule has 0 aromatic rings. The number of hydrogen-bond donors (Lipinski definition) is 0. The van der Waals surface area contributed by atoms with Crippen molar-refractivity contribution in [1.29, 1.82) is 0 Å². The van der Waals surface area contributed by atoms with Crippen LogP contribution in [0.4, 0.5) is 0 Å². The maximum absolute atomic E-state index is 11.6. The summed E-state index contributed by atoms with van der Waals surface area (Å²) in [5.41, 5.74) is 0.725. The smallest absolute Gasteiger partial charge is 0.338 e. The van der Waals surface area contributed by atoms with Crippen molar-refractivity contribution in [2.45, 2.75) is 58.8 Å². The molecule has 0 spiro atoms. The standard InChI is InChI=1S/C16H26O2/c1-4-6-9-14-10-7-8-11-15(14)12-13(3)16(17)18-5-2/h5,12,14-15H,2,4,6-11H2,1,3H3/b13-12+. The van der Waals surface area contributed by atoms with Crippen molar-refractivity contribution in [1.82, 2.24) is 0 Å². The van der Waals surface area contributed by atoms with Gasteiger partial charge in [0.1, 0.15) is 0 Å². The van der Waals surface area contributed by atoms with Crippen LogP contribution in [0.5, 0.6) is 0 Å². The predicted molar refractivity (Wildman–Crippen MR) is 75.0 cm³/mol. The van der Waals surface area contributed by atoms with Crippen molar-refractivity contribution in [2.24, 2.45) is 11.8 Å². The Balaban J connectivity index is 2.62. The minimum absolute atomic E-state index is 0.259. The van der Waals surface area contributed by atoms with Gasteiger partial charge in [-0.05, 0) is 38.0 Å². The Morgan fingerprint density at radius 1 is 1.39 bits per heavy atom. The van der Waals surface area contributed by atoms with Crippen molar-refractivity contribution in [2.75, 3.05) is 0 Å². The highest BCUT2D eigenvalue weighted by atomic mass is 16.5. The van der Waals surface area contributed by atoms with E-state index < -0.39 is 0 Å². The van der Waals surface area contributed by atoms with Crippen LogP contribution >= 0.6 is 0 Å². The van der Waals surface area contributed by atoms with Gasteiger partial charge in [-0.1, -0.05) is 45.3 Å². The summed E-state index contributed by atoms with van der Waals surface area (Å²) in [4.78, 5) is 11.6. The second kappa shape index (κ2) is 8.12. The van der Waals surface area contributed by atoms with E-state index in [1.54, 1.807) is 0 Å². The topological polar surface area (TPSA) is 26.3 Å². The Bertz CT molecular complexity index is 304. The molecule has 0 radical (unpaired) electrons.